The van der Waals surface area contributed by atoms with Crippen LogP contribution in [0.3, 0.4) is 0 Å². The number of nitrogens with one attached hydrogen (secondary N) is 1. The molecule has 0 aromatic heterocycles. The van der Waals surface area contributed by atoms with Crippen molar-refractivity contribution in [1.29, 1.82) is 0 Å². The Morgan fingerprint density at radius 1 is 0.595 bits per heavy atom. The van der Waals surface area contributed by atoms with Gasteiger partial charge in [0.2, 0.25) is 10.0 Å². The fourth-order valence-corrected chi connectivity index (χ4v) is 7.12. The summed E-state index contributed by atoms with van der Waals surface area (Å²) >= 11 is 0. The molecule has 0 radical (unpaired) electrons. The minimum atomic E-state index is -3.42. The molecule has 1 N–H and O–H groups in total. The topological polar surface area (TPSA) is 55.4 Å². The predicted octanol–water partition coefficient (Wildman–Crippen LogP) is 9.39. The number of unbranched alkanes of at least 4 members (excludes halogenated alkanes) is 10. The van der Waals surface area contributed by atoms with Gasteiger partial charge in [0.1, 0.15) is 5.60 Å². The first-order valence-electron chi connectivity index (χ1n) is 16.3. The molecule has 0 saturated carbocycles. The van der Waals surface area contributed by atoms with Crippen LogP contribution in [0.5, 0.6) is 0 Å². The van der Waals surface area contributed by atoms with Gasteiger partial charge >= 0.3 is 0 Å². The maximum atomic E-state index is 13.3. The highest BCUT2D eigenvalue weighted by Crippen LogP contribution is 2.40. The van der Waals surface area contributed by atoms with E-state index >= 15 is 0 Å². The summed E-state index contributed by atoms with van der Waals surface area (Å²) in [6.45, 7) is 4.70. The van der Waals surface area contributed by atoms with Crippen LogP contribution in [0.25, 0.3) is 0 Å². The summed E-state index contributed by atoms with van der Waals surface area (Å²) in [5.41, 5.74) is 2.20. The predicted molar refractivity (Wildman–Crippen MR) is 177 cm³/mol. The second-order valence-electron chi connectivity index (χ2n) is 11.5. The molecule has 1 unspecified atom stereocenters. The Morgan fingerprint density at radius 3 is 1.45 bits per heavy atom. The minimum Gasteiger partial charge on any atom is -0.359 e. The summed E-state index contributed by atoms with van der Waals surface area (Å²) in [5.74, 6) is 0.175. The number of hydrogen-bond donors (Lipinski definition) is 1. The molecular formula is C37H53NO3S. The zero-order valence-corrected chi connectivity index (χ0v) is 26.8. The van der Waals surface area contributed by atoms with E-state index in [9.17, 15) is 8.42 Å². The molecule has 3 aromatic carbocycles. The Hall–Kier alpha value is -2.47. The van der Waals surface area contributed by atoms with Crippen LogP contribution in [-0.2, 0) is 20.4 Å². The molecule has 0 fully saturated rings. The van der Waals surface area contributed by atoms with E-state index in [1.807, 2.05) is 54.6 Å². The molecule has 3 rings (SSSR count). The fraction of sp³-hybridized carbons (Fsp3) is 0.514. The van der Waals surface area contributed by atoms with E-state index < -0.39 is 15.6 Å². The van der Waals surface area contributed by atoms with Crippen molar-refractivity contribution in [3.63, 3.8) is 0 Å². The lowest BCUT2D eigenvalue weighted by Crippen LogP contribution is -2.43. The van der Waals surface area contributed by atoms with E-state index in [-0.39, 0.29) is 18.4 Å². The molecule has 4 nitrogen and oxygen atoms in total. The lowest BCUT2D eigenvalue weighted by atomic mass is 9.80. The van der Waals surface area contributed by atoms with E-state index in [0.717, 1.165) is 61.6 Å². The smallest absolute Gasteiger partial charge is 0.211 e. The molecule has 1 atom stereocenters. The molecule has 0 aliphatic carbocycles. The minimum absolute atomic E-state index is 0.175. The lowest BCUT2D eigenvalue weighted by Gasteiger charge is -2.37. The van der Waals surface area contributed by atoms with Crippen LogP contribution in [-0.4, -0.2) is 26.8 Å². The Labute approximate surface area is 256 Å². The molecule has 5 heteroatoms. The average molecular weight is 592 g/mol. The molecule has 42 heavy (non-hydrogen) atoms. The number of rotatable bonds is 22. The summed E-state index contributed by atoms with van der Waals surface area (Å²) in [5, 5.41) is 0. The van der Waals surface area contributed by atoms with E-state index in [1.54, 1.807) is 0 Å². The highest BCUT2D eigenvalue weighted by Gasteiger charge is 2.38. The molecular weight excluding hydrogens is 538 g/mol. The van der Waals surface area contributed by atoms with Crippen molar-refractivity contribution in [1.82, 2.24) is 4.72 Å². The van der Waals surface area contributed by atoms with Gasteiger partial charge in [-0.25, -0.2) is 13.1 Å². The fourth-order valence-electron chi connectivity index (χ4n) is 5.73. The second kappa shape index (κ2) is 18.9. The maximum Gasteiger partial charge on any atom is 0.211 e. The molecule has 230 valence electrons. The van der Waals surface area contributed by atoms with Crippen LogP contribution in [0.1, 0.15) is 114 Å². The Bertz CT molecular complexity index is 1100. The van der Waals surface area contributed by atoms with Crippen molar-refractivity contribution in [3.8, 4) is 0 Å². The molecule has 0 aliphatic rings. The largest absolute Gasteiger partial charge is 0.359 e. The van der Waals surface area contributed by atoms with Crippen LogP contribution in [0.15, 0.2) is 91.0 Å². The summed E-state index contributed by atoms with van der Waals surface area (Å²) in [6, 6.07) is 30.6. The third-order valence-corrected chi connectivity index (χ3v) is 9.58. The zero-order chi connectivity index (χ0) is 29.9. The normalized spacial score (nSPS) is 12.8. The number of sulfonamides is 1. The van der Waals surface area contributed by atoms with Gasteiger partial charge in [-0.2, -0.15) is 0 Å². The SMILES string of the molecule is CCCCCCCCCCS(=O)(=O)NC(CCCCCC)COC(c1ccccc1)(c1ccccc1)c1ccccc1. The molecule has 0 spiro atoms. The number of ether oxygens (including phenoxy) is 1. The molecule has 0 saturated heterocycles. The Morgan fingerprint density at radius 2 is 1.00 bits per heavy atom. The van der Waals surface area contributed by atoms with Crippen LogP contribution in [0.2, 0.25) is 0 Å². The van der Waals surface area contributed by atoms with E-state index in [2.05, 4.69) is 55.0 Å². The van der Waals surface area contributed by atoms with Crippen molar-refractivity contribution in [2.75, 3.05) is 12.4 Å². The van der Waals surface area contributed by atoms with Crippen molar-refractivity contribution in [2.24, 2.45) is 0 Å². The number of benzene rings is 3. The van der Waals surface area contributed by atoms with Gasteiger partial charge in [-0.1, -0.05) is 175 Å². The Balaban J connectivity index is 1.79. The van der Waals surface area contributed by atoms with Gasteiger partial charge < -0.3 is 4.74 Å². The summed E-state index contributed by atoms with van der Waals surface area (Å²) in [7, 11) is -3.42. The van der Waals surface area contributed by atoms with Crippen LogP contribution >= 0.6 is 0 Å². The van der Waals surface area contributed by atoms with Crippen molar-refractivity contribution in [2.45, 2.75) is 109 Å². The van der Waals surface area contributed by atoms with Crippen LogP contribution < -0.4 is 4.72 Å². The maximum absolute atomic E-state index is 13.3. The summed E-state index contributed by atoms with van der Waals surface area (Å²) in [4.78, 5) is 0. The number of hydrogen-bond acceptors (Lipinski definition) is 3. The highest BCUT2D eigenvalue weighted by molar-refractivity contribution is 7.89. The van der Waals surface area contributed by atoms with Gasteiger partial charge in [-0.3, -0.25) is 0 Å². The van der Waals surface area contributed by atoms with Gasteiger partial charge in [0.15, 0.2) is 0 Å². The molecule has 0 amide bonds. The van der Waals surface area contributed by atoms with E-state index in [4.69, 9.17) is 4.74 Å². The zero-order valence-electron chi connectivity index (χ0n) is 26.0. The van der Waals surface area contributed by atoms with Gasteiger partial charge in [-0.15, -0.1) is 0 Å². The lowest BCUT2D eigenvalue weighted by molar-refractivity contribution is 0.00164. The van der Waals surface area contributed by atoms with Gasteiger partial charge in [0.25, 0.3) is 0 Å². The first-order chi connectivity index (χ1) is 20.5. The Kier molecular flexibility index (Phi) is 15.3. The van der Waals surface area contributed by atoms with Crippen LogP contribution in [0, 0.1) is 0 Å². The third kappa shape index (κ3) is 11.0. The standard InChI is InChI=1S/C37H53NO3S/c1-3-5-7-9-10-11-12-23-31-42(39,40)38-36(30-22-8-6-4-2)32-41-37(33-24-16-13-17-25-33,34-26-18-14-19-27-34)35-28-20-15-21-29-35/h13-21,24-29,36,38H,3-12,22-23,30-32H2,1-2H3. The van der Waals surface area contributed by atoms with Gasteiger partial charge in [0.05, 0.1) is 12.4 Å². The van der Waals surface area contributed by atoms with Crippen molar-refractivity contribution < 1.29 is 13.2 Å². The van der Waals surface area contributed by atoms with Gasteiger partial charge in [-0.05, 0) is 29.5 Å². The van der Waals surface area contributed by atoms with E-state index in [0.29, 0.717) is 6.42 Å². The van der Waals surface area contributed by atoms with Crippen molar-refractivity contribution >= 4 is 10.0 Å². The molecule has 0 heterocycles. The average Bonchev–Trinajstić information content (AvgIpc) is 3.02. The first kappa shape index (κ1) is 34.0. The molecule has 0 aliphatic heterocycles. The third-order valence-electron chi connectivity index (χ3n) is 8.06. The molecule has 3 aromatic rings. The molecule has 0 bridgehead atoms. The quantitative estimate of drug-likeness (QED) is 0.0935. The second-order valence-corrected chi connectivity index (χ2v) is 13.4. The van der Waals surface area contributed by atoms with Gasteiger partial charge in [0, 0.05) is 6.04 Å². The highest BCUT2D eigenvalue weighted by atomic mass is 32.2. The first-order valence-corrected chi connectivity index (χ1v) is 18.0. The van der Waals surface area contributed by atoms with Crippen LogP contribution in [0.4, 0.5) is 0 Å². The summed E-state index contributed by atoms with van der Waals surface area (Å²) < 4.78 is 36.6. The van der Waals surface area contributed by atoms with Crippen molar-refractivity contribution in [3.05, 3.63) is 108 Å². The monoisotopic (exact) mass is 591 g/mol. The van der Waals surface area contributed by atoms with E-state index in [1.165, 1.54) is 32.1 Å². The summed E-state index contributed by atoms with van der Waals surface area (Å²) in [6.07, 6.45) is 14.2.